The second-order valence-corrected chi connectivity index (χ2v) is 16.7. The molecule has 0 unspecified atom stereocenters. The van der Waals surface area contributed by atoms with Gasteiger partial charge in [-0.3, -0.25) is 0 Å². The van der Waals surface area contributed by atoms with E-state index in [1.807, 2.05) is 0 Å². The van der Waals surface area contributed by atoms with Crippen LogP contribution in [0, 0.1) is 0 Å². The number of fused-ring (bicyclic) bond motifs is 11. The van der Waals surface area contributed by atoms with E-state index in [0.717, 1.165) is 0 Å². The Morgan fingerprint density at radius 2 is 0.833 bits per heavy atom. The Hall–Kier alpha value is -7.43. The number of hydrogen-bond acceptors (Lipinski definition) is 2. The Morgan fingerprint density at radius 1 is 0.300 bits per heavy atom. The largest absolute Gasteiger partial charge is 0.312 e. The molecular weight excluding hydrogens is 723 g/mol. The monoisotopic (exact) mass is 757 g/mol. The molecule has 0 amide bonds. The lowest BCUT2D eigenvalue weighted by molar-refractivity contribution is 1.18. The Kier molecular flexibility index (Phi) is 6.54. The summed E-state index contributed by atoms with van der Waals surface area (Å²) >= 11 is 0. The molecule has 60 heavy (non-hydrogen) atoms. The summed E-state index contributed by atoms with van der Waals surface area (Å²) in [6.45, 7) is 0.150. The summed E-state index contributed by atoms with van der Waals surface area (Å²) in [5, 5.41) is 2.61. The number of benzene rings is 9. The molecule has 0 saturated heterocycles. The van der Waals surface area contributed by atoms with Gasteiger partial charge in [0.2, 0.25) is 13.4 Å². The number of aromatic nitrogens is 1. The van der Waals surface area contributed by atoms with Crippen molar-refractivity contribution >= 4 is 125 Å². The normalized spacial score (nSPS) is 13.8. The molecule has 9 aromatic carbocycles. The summed E-state index contributed by atoms with van der Waals surface area (Å²) in [6.07, 6.45) is 0. The van der Waals surface area contributed by atoms with Crippen molar-refractivity contribution in [1.82, 2.24) is 4.57 Å². The van der Waals surface area contributed by atoms with E-state index in [4.69, 9.17) is 0 Å². The van der Waals surface area contributed by atoms with Gasteiger partial charge in [-0.2, -0.15) is 0 Å². The molecule has 1 aromatic heterocycles. The van der Waals surface area contributed by atoms with Gasteiger partial charge in [0, 0.05) is 56.1 Å². The molecule has 10 aromatic rings. The second kappa shape index (κ2) is 12.1. The maximum atomic E-state index is 2.64. The fourth-order valence-electron chi connectivity index (χ4n) is 11.7. The number of hydrogen-bond donors (Lipinski definition) is 0. The van der Waals surface area contributed by atoms with Gasteiger partial charge in [-0.1, -0.05) is 167 Å². The lowest BCUT2D eigenvalue weighted by Crippen LogP contribution is -2.77. The molecule has 0 spiro atoms. The average molecular weight is 757 g/mol. The molecule has 0 N–H and O–H groups in total. The minimum atomic E-state index is 0.0493. The van der Waals surface area contributed by atoms with Crippen molar-refractivity contribution in [1.29, 1.82) is 0 Å². The van der Waals surface area contributed by atoms with E-state index in [2.05, 4.69) is 221 Å². The molecule has 4 aliphatic rings. The van der Waals surface area contributed by atoms with Gasteiger partial charge in [-0.05, 0) is 88.0 Å². The van der Waals surface area contributed by atoms with Crippen LogP contribution in [0.3, 0.4) is 0 Å². The fourth-order valence-corrected chi connectivity index (χ4v) is 11.7. The molecule has 0 bridgehead atoms. The first kappa shape index (κ1) is 32.5. The highest BCUT2D eigenvalue weighted by Crippen LogP contribution is 2.42. The Morgan fingerprint density at radius 3 is 1.63 bits per heavy atom. The van der Waals surface area contributed by atoms with Crippen molar-refractivity contribution in [3.63, 3.8) is 0 Å². The van der Waals surface area contributed by atoms with Crippen LogP contribution in [0.4, 0.5) is 34.1 Å². The molecular formula is C54H34B3N3. The first-order valence-electron chi connectivity index (χ1n) is 21.1. The lowest BCUT2D eigenvalue weighted by Gasteiger charge is -2.44. The topological polar surface area (TPSA) is 11.4 Å². The molecule has 0 atom stereocenters. The lowest BCUT2D eigenvalue weighted by atomic mass is 9.19. The number of para-hydroxylation sites is 5. The number of rotatable bonds is 3. The Bertz CT molecular complexity index is 3420. The Labute approximate surface area is 350 Å². The smallest absolute Gasteiger partial charge is 0.252 e. The van der Waals surface area contributed by atoms with Gasteiger partial charge in [-0.15, -0.1) is 0 Å². The van der Waals surface area contributed by atoms with E-state index in [1.165, 1.54) is 111 Å². The summed E-state index contributed by atoms with van der Waals surface area (Å²) < 4.78 is 2.55. The molecule has 3 nitrogen and oxygen atoms in total. The highest BCUT2D eigenvalue weighted by Gasteiger charge is 2.48. The highest BCUT2D eigenvalue weighted by molar-refractivity contribution is 7.13. The summed E-state index contributed by atoms with van der Waals surface area (Å²) in [5.41, 5.74) is 23.5. The third-order valence-corrected chi connectivity index (χ3v) is 13.9. The van der Waals surface area contributed by atoms with Crippen molar-refractivity contribution in [3.8, 4) is 5.69 Å². The minimum absolute atomic E-state index is 0.0493. The summed E-state index contributed by atoms with van der Waals surface area (Å²) in [5.74, 6) is 0. The zero-order valence-corrected chi connectivity index (χ0v) is 32.7. The van der Waals surface area contributed by atoms with E-state index in [1.54, 1.807) is 0 Å². The average Bonchev–Trinajstić information content (AvgIpc) is 3.66. The standard InChI is InChI=1S/C54H34B3N3/c1-4-17-35(18-5-1)55-41-26-15-30-48-52(41)56(40-25-11-13-29-47(40)58(48)36-19-6-2-7-20-36)44-34-51-45(33-43(44)55)57-42-27-14-24-39-38-23-10-12-28-46(38)60(54(39)42)50-32-16-31-49(53(50)57)59(51)37-21-8-3-9-22-37/h1-34H. The third kappa shape index (κ3) is 4.17. The molecule has 14 rings (SSSR count). The predicted octanol–water partition coefficient (Wildman–Crippen LogP) is 6.53. The van der Waals surface area contributed by atoms with Gasteiger partial charge in [0.15, 0.2) is 0 Å². The number of nitrogens with zero attached hydrogens (tertiary/aromatic N) is 3. The van der Waals surface area contributed by atoms with Crippen molar-refractivity contribution in [2.24, 2.45) is 0 Å². The molecule has 6 heteroatoms. The Balaban J connectivity index is 1.12. The molecule has 0 saturated carbocycles. The van der Waals surface area contributed by atoms with Gasteiger partial charge in [0.25, 0.3) is 6.71 Å². The molecule has 0 radical (unpaired) electrons. The van der Waals surface area contributed by atoms with Crippen LogP contribution >= 0.6 is 0 Å². The zero-order valence-electron chi connectivity index (χ0n) is 32.7. The molecule has 4 aliphatic heterocycles. The first-order chi connectivity index (χ1) is 29.8. The van der Waals surface area contributed by atoms with E-state index < -0.39 is 0 Å². The van der Waals surface area contributed by atoms with Crippen molar-refractivity contribution in [2.45, 2.75) is 0 Å². The SMILES string of the molecule is c1ccc(B2c3cc4c(cc3B3c5ccccc5N(c5ccccc5)c5cccc2c53)N(c2ccccc2)c2cccc3c2B4c2cccc4c5ccccc5n-3c24)cc1. The van der Waals surface area contributed by atoms with Crippen LogP contribution in [-0.4, -0.2) is 24.7 Å². The predicted molar refractivity (Wildman–Crippen MR) is 257 cm³/mol. The van der Waals surface area contributed by atoms with Crippen LogP contribution in [0.15, 0.2) is 206 Å². The first-order valence-corrected chi connectivity index (χ1v) is 21.1. The van der Waals surface area contributed by atoms with Crippen LogP contribution < -0.4 is 59.0 Å². The van der Waals surface area contributed by atoms with Crippen molar-refractivity contribution in [3.05, 3.63) is 206 Å². The summed E-state index contributed by atoms with van der Waals surface area (Å²) in [4.78, 5) is 5.05. The van der Waals surface area contributed by atoms with Crippen LogP contribution in [-0.2, 0) is 0 Å². The van der Waals surface area contributed by atoms with Crippen molar-refractivity contribution in [2.75, 3.05) is 9.80 Å². The van der Waals surface area contributed by atoms with Gasteiger partial charge < -0.3 is 14.4 Å². The van der Waals surface area contributed by atoms with Gasteiger partial charge >= 0.3 is 0 Å². The summed E-state index contributed by atoms with van der Waals surface area (Å²) in [6, 6.07) is 77.5. The second-order valence-electron chi connectivity index (χ2n) is 16.7. The van der Waals surface area contributed by atoms with Crippen LogP contribution in [0.2, 0.25) is 0 Å². The molecule has 274 valence electrons. The quantitative estimate of drug-likeness (QED) is 0.190. The summed E-state index contributed by atoms with van der Waals surface area (Å²) in [7, 11) is 0. The maximum Gasteiger partial charge on any atom is 0.252 e. The van der Waals surface area contributed by atoms with Crippen LogP contribution in [0.5, 0.6) is 0 Å². The van der Waals surface area contributed by atoms with E-state index in [9.17, 15) is 0 Å². The van der Waals surface area contributed by atoms with E-state index in [0.29, 0.717) is 0 Å². The maximum absolute atomic E-state index is 2.64. The minimum Gasteiger partial charge on any atom is -0.312 e. The van der Waals surface area contributed by atoms with Gasteiger partial charge in [0.1, 0.15) is 0 Å². The third-order valence-electron chi connectivity index (χ3n) is 13.9. The van der Waals surface area contributed by atoms with E-state index in [-0.39, 0.29) is 20.1 Å². The van der Waals surface area contributed by atoms with Crippen LogP contribution in [0.1, 0.15) is 0 Å². The molecule has 0 aliphatic carbocycles. The van der Waals surface area contributed by atoms with Crippen LogP contribution in [0.25, 0.3) is 27.5 Å². The zero-order chi connectivity index (χ0) is 39.1. The molecule has 5 heterocycles. The van der Waals surface area contributed by atoms with E-state index >= 15 is 0 Å². The highest BCUT2D eigenvalue weighted by atomic mass is 15.2. The number of anilines is 6. The fraction of sp³-hybridized carbons (Fsp3) is 0. The van der Waals surface area contributed by atoms with Gasteiger partial charge in [0.05, 0.1) is 5.52 Å². The van der Waals surface area contributed by atoms with Gasteiger partial charge in [-0.25, -0.2) is 0 Å². The molecule has 0 fully saturated rings. The van der Waals surface area contributed by atoms with Crippen molar-refractivity contribution < 1.29 is 0 Å².